The van der Waals surface area contributed by atoms with E-state index >= 15 is 0 Å². The van der Waals surface area contributed by atoms with Crippen molar-refractivity contribution >= 4 is 48.3 Å². The number of non-ortho nitro benzene ring substituents is 1. The Hall–Kier alpha value is -1.39. The topological polar surface area (TPSA) is 187 Å². The molecule has 0 aliphatic heterocycles. The molecule has 0 unspecified atom stereocenters. The van der Waals surface area contributed by atoms with Gasteiger partial charge >= 0.3 is 59.1 Å². The van der Waals surface area contributed by atoms with Crippen molar-refractivity contribution in [3.8, 4) is 0 Å². The Bertz CT molecular complexity index is 1430. The molecule has 3 rings (SSSR count). The van der Waals surface area contributed by atoms with Crippen LogP contribution >= 0.6 is 0 Å². The minimum atomic E-state index is -5.24. The van der Waals surface area contributed by atoms with Gasteiger partial charge in [-0.1, -0.05) is 24.3 Å². The van der Waals surface area contributed by atoms with E-state index in [2.05, 4.69) is 5.32 Å². The van der Waals surface area contributed by atoms with Gasteiger partial charge in [-0.3, -0.25) is 14.9 Å². The molecule has 1 N–H and O–H groups in total. The van der Waals surface area contributed by atoms with Crippen LogP contribution in [-0.2, 0) is 20.2 Å². The van der Waals surface area contributed by atoms with E-state index in [1.807, 2.05) is 0 Å². The summed E-state index contributed by atoms with van der Waals surface area (Å²) < 4.78 is 69.9. The second-order valence-corrected chi connectivity index (χ2v) is 8.63. The number of rotatable bonds is 5. The zero-order valence-corrected chi connectivity index (χ0v) is 22.3. The Morgan fingerprint density at radius 1 is 0.844 bits per heavy atom. The molecular weight excluding hydrogens is 486 g/mol. The fourth-order valence-corrected chi connectivity index (χ4v) is 4.37. The SMILES string of the molecule is O=C(Nc1ccc2c(S(=O)(=O)[O-])cccc2c1S(=O)(=O)[O-])c1cccc([N+](=O)[O-])c1.[Na+].[Na+]. The van der Waals surface area contributed by atoms with Gasteiger partial charge in [-0.2, -0.15) is 0 Å². The third-order valence-corrected chi connectivity index (χ3v) is 5.89. The zero-order chi connectivity index (χ0) is 22.3. The third kappa shape index (κ3) is 6.14. The van der Waals surface area contributed by atoms with Crippen LogP contribution in [0.5, 0.6) is 0 Å². The Labute approximate surface area is 226 Å². The van der Waals surface area contributed by atoms with Gasteiger partial charge in [-0.25, -0.2) is 16.8 Å². The minimum absolute atomic E-state index is 0. The molecule has 0 aliphatic rings. The predicted octanol–water partition coefficient (Wildman–Crippen LogP) is -4.18. The smallest absolute Gasteiger partial charge is 0.744 e. The number of nitro benzene ring substituents is 1. The van der Waals surface area contributed by atoms with Crippen LogP contribution in [0.15, 0.2) is 64.4 Å². The van der Waals surface area contributed by atoms with Crippen molar-refractivity contribution in [2.45, 2.75) is 9.79 Å². The number of carbonyl (C=O) groups is 1. The minimum Gasteiger partial charge on any atom is -0.744 e. The van der Waals surface area contributed by atoms with Gasteiger partial charge < -0.3 is 14.4 Å². The van der Waals surface area contributed by atoms with Gasteiger partial charge in [0.2, 0.25) is 0 Å². The maximum Gasteiger partial charge on any atom is 1.00 e. The largest absolute Gasteiger partial charge is 1.00 e. The van der Waals surface area contributed by atoms with Crippen molar-refractivity contribution in [1.29, 1.82) is 0 Å². The number of hydrogen-bond acceptors (Lipinski definition) is 9. The number of hydrogen-bond donors (Lipinski definition) is 1. The summed E-state index contributed by atoms with van der Waals surface area (Å²) in [6.45, 7) is 0. The van der Waals surface area contributed by atoms with Gasteiger partial charge in [0.25, 0.3) is 11.6 Å². The molecule has 0 aliphatic carbocycles. The molecule has 0 aromatic heterocycles. The van der Waals surface area contributed by atoms with Crippen LogP contribution in [0.3, 0.4) is 0 Å². The molecule has 3 aromatic rings. The van der Waals surface area contributed by atoms with E-state index in [9.17, 15) is 40.8 Å². The first kappa shape index (κ1) is 28.6. The van der Waals surface area contributed by atoms with Crippen molar-refractivity contribution in [3.63, 3.8) is 0 Å². The molecule has 0 saturated heterocycles. The standard InChI is InChI=1S/C17H12N2O9S2.2Na/c20-17(10-3-1-4-11(9-10)19(21)22)18-14-8-7-12-13(16(14)30(26,27)28)5-2-6-15(12)29(23,24)25;;/h1-9H,(H,18,20)(H,23,24,25)(H,26,27,28);;/q;2*+1/p-2. The first-order chi connectivity index (χ1) is 13.9. The summed E-state index contributed by atoms with van der Waals surface area (Å²) in [5, 5.41) is 12.4. The van der Waals surface area contributed by atoms with E-state index in [0.29, 0.717) is 0 Å². The normalized spacial score (nSPS) is 11.2. The van der Waals surface area contributed by atoms with Crippen LogP contribution in [0.25, 0.3) is 10.8 Å². The molecule has 0 saturated carbocycles. The second-order valence-electron chi connectivity index (χ2n) is 5.96. The number of amides is 1. The van der Waals surface area contributed by atoms with Gasteiger partial charge in [-0.15, -0.1) is 0 Å². The molecule has 15 heteroatoms. The summed E-state index contributed by atoms with van der Waals surface area (Å²) in [5.74, 6) is -0.949. The van der Waals surface area contributed by atoms with Crippen molar-refractivity contribution < 1.29 is 94.8 Å². The van der Waals surface area contributed by atoms with Crippen molar-refractivity contribution in [3.05, 3.63) is 70.3 Å². The van der Waals surface area contributed by atoms with E-state index in [4.69, 9.17) is 0 Å². The summed E-state index contributed by atoms with van der Waals surface area (Å²) in [6.07, 6.45) is 0. The summed E-state index contributed by atoms with van der Waals surface area (Å²) in [7, 11) is -10.2. The fraction of sp³-hybridized carbons (Fsp3) is 0. The third-order valence-electron chi connectivity index (χ3n) is 4.06. The van der Waals surface area contributed by atoms with Crippen molar-refractivity contribution in [1.82, 2.24) is 0 Å². The molecule has 11 nitrogen and oxygen atoms in total. The van der Waals surface area contributed by atoms with E-state index in [1.165, 1.54) is 12.1 Å². The number of nitrogens with one attached hydrogen (secondary N) is 1. The first-order valence-electron chi connectivity index (χ1n) is 7.93. The van der Waals surface area contributed by atoms with Gasteiger partial charge in [0.15, 0.2) is 0 Å². The number of benzene rings is 3. The number of carbonyl (C=O) groups excluding carboxylic acids is 1. The van der Waals surface area contributed by atoms with Crippen molar-refractivity contribution in [2.24, 2.45) is 0 Å². The summed E-state index contributed by atoms with van der Waals surface area (Å²) in [4.78, 5) is 20.9. The Morgan fingerprint density at radius 3 is 2.03 bits per heavy atom. The molecule has 0 fully saturated rings. The van der Waals surface area contributed by atoms with Crippen LogP contribution in [-0.4, -0.2) is 36.8 Å². The van der Waals surface area contributed by atoms with Crippen LogP contribution in [0.1, 0.15) is 10.4 Å². The molecule has 1 amide bonds. The summed E-state index contributed by atoms with van der Waals surface area (Å²) >= 11 is 0. The average molecular weight is 496 g/mol. The molecule has 156 valence electrons. The molecule has 0 atom stereocenters. The van der Waals surface area contributed by atoms with E-state index in [-0.39, 0.29) is 81.1 Å². The second kappa shape index (κ2) is 10.7. The number of anilines is 1. The van der Waals surface area contributed by atoms with Crippen LogP contribution in [0, 0.1) is 10.1 Å². The molecule has 3 aromatic carbocycles. The first-order valence-corrected chi connectivity index (χ1v) is 10.7. The van der Waals surface area contributed by atoms with Gasteiger partial charge in [0.1, 0.15) is 20.2 Å². The van der Waals surface area contributed by atoms with E-state index < -0.39 is 46.5 Å². The van der Waals surface area contributed by atoms with Crippen LogP contribution in [0.2, 0.25) is 0 Å². The van der Waals surface area contributed by atoms with E-state index in [0.717, 1.165) is 42.5 Å². The quantitative estimate of drug-likeness (QED) is 0.158. The zero-order valence-electron chi connectivity index (χ0n) is 16.6. The molecule has 0 bridgehead atoms. The fourth-order valence-electron chi connectivity index (χ4n) is 2.84. The monoisotopic (exact) mass is 496 g/mol. The maximum absolute atomic E-state index is 12.5. The number of nitro groups is 1. The molecule has 0 heterocycles. The Morgan fingerprint density at radius 2 is 1.47 bits per heavy atom. The van der Waals surface area contributed by atoms with Gasteiger partial charge in [0.05, 0.1) is 20.4 Å². The average Bonchev–Trinajstić information content (AvgIpc) is 2.65. The van der Waals surface area contributed by atoms with Gasteiger partial charge in [-0.05, 0) is 18.2 Å². The molecule has 0 radical (unpaired) electrons. The number of fused-ring (bicyclic) bond motifs is 1. The molecule has 32 heavy (non-hydrogen) atoms. The molecular formula is C17H10N2Na2O9S2. The van der Waals surface area contributed by atoms with E-state index in [1.54, 1.807) is 0 Å². The van der Waals surface area contributed by atoms with Crippen molar-refractivity contribution in [2.75, 3.05) is 5.32 Å². The predicted molar refractivity (Wildman–Crippen MR) is 101 cm³/mol. The Balaban J connectivity index is 0.00000256. The summed E-state index contributed by atoms with van der Waals surface area (Å²) in [6, 6.07) is 9.73. The maximum atomic E-state index is 12.5. The molecule has 0 spiro atoms. The van der Waals surface area contributed by atoms with Crippen LogP contribution in [0.4, 0.5) is 11.4 Å². The Kier molecular flexibility index (Phi) is 9.57. The van der Waals surface area contributed by atoms with Gasteiger partial charge in [0, 0.05) is 28.5 Å². The van der Waals surface area contributed by atoms with Crippen LogP contribution < -0.4 is 64.4 Å². The number of nitrogens with zero attached hydrogens (tertiary/aromatic N) is 1. The summed E-state index contributed by atoms with van der Waals surface area (Å²) in [5.41, 5.74) is -1.05.